The molecule has 25 heavy (non-hydrogen) atoms. The Morgan fingerprint density at radius 1 is 1.32 bits per heavy atom. The number of hydrogen-bond acceptors (Lipinski definition) is 6. The van der Waals surface area contributed by atoms with Crippen LogP contribution < -0.4 is 5.73 Å². The highest BCUT2D eigenvalue weighted by molar-refractivity contribution is 7.80. The molecule has 3 atom stereocenters. The highest BCUT2D eigenvalue weighted by atomic mass is 32.1. The van der Waals surface area contributed by atoms with Gasteiger partial charge < -0.3 is 20.5 Å². The van der Waals surface area contributed by atoms with Crippen molar-refractivity contribution in [2.24, 2.45) is 17.1 Å². The van der Waals surface area contributed by atoms with Gasteiger partial charge in [0.1, 0.15) is 6.04 Å². The molecule has 8 heteroatoms. The number of carbonyl (C=O) groups is 3. The number of carboxylic acids is 1. The molecule has 0 aliphatic heterocycles. The van der Waals surface area contributed by atoms with Crippen LogP contribution in [0.5, 0.6) is 0 Å². The Labute approximate surface area is 154 Å². The van der Waals surface area contributed by atoms with Crippen molar-refractivity contribution in [2.45, 2.75) is 64.6 Å². The van der Waals surface area contributed by atoms with Crippen molar-refractivity contribution in [1.82, 2.24) is 4.90 Å². The molecule has 1 aliphatic carbocycles. The Morgan fingerprint density at radius 3 is 2.20 bits per heavy atom. The average molecular weight is 375 g/mol. The molecule has 1 unspecified atom stereocenters. The Kier molecular flexibility index (Phi) is 7.74. The van der Waals surface area contributed by atoms with E-state index in [1.54, 1.807) is 0 Å². The minimum absolute atomic E-state index is 0.0809. The van der Waals surface area contributed by atoms with Crippen LogP contribution in [0.1, 0.15) is 46.5 Å². The predicted octanol–water partition coefficient (Wildman–Crippen LogP) is 1.30. The number of hydrogen-bond donors (Lipinski definition) is 3. The summed E-state index contributed by atoms with van der Waals surface area (Å²) in [6.07, 6.45) is 2.50. The Bertz CT molecular complexity index is 502. The van der Waals surface area contributed by atoms with Crippen LogP contribution in [0, 0.1) is 11.3 Å². The molecule has 1 saturated carbocycles. The number of aliphatic carboxylic acids is 1. The molecule has 1 rings (SSSR count). The quantitative estimate of drug-likeness (QED) is 0.436. The molecular weight excluding hydrogens is 344 g/mol. The van der Waals surface area contributed by atoms with Gasteiger partial charge >= 0.3 is 11.9 Å². The second-order valence-corrected chi connectivity index (χ2v) is 8.04. The van der Waals surface area contributed by atoms with E-state index in [1.165, 1.54) is 12.0 Å². The fraction of sp³-hybridized carbons (Fsp3) is 0.824. The first kappa shape index (κ1) is 21.8. The molecule has 144 valence electrons. The minimum atomic E-state index is -1.21. The van der Waals surface area contributed by atoms with Crippen LogP contribution in [0.3, 0.4) is 0 Å². The number of nitrogens with two attached hydrogens (primary N) is 1. The Hall–Kier alpha value is -1.28. The van der Waals surface area contributed by atoms with Crippen LogP contribution in [0.2, 0.25) is 0 Å². The lowest BCUT2D eigenvalue weighted by Crippen LogP contribution is -2.63. The number of carbonyl (C=O) groups excluding carboxylic acids is 2. The van der Waals surface area contributed by atoms with Gasteiger partial charge in [-0.15, -0.1) is 0 Å². The minimum Gasteiger partial charge on any atom is -0.481 e. The van der Waals surface area contributed by atoms with Crippen molar-refractivity contribution in [3.8, 4) is 0 Å². The molecule has 0 spiro atoms. The average Bonchev–Trinajstić information content (AvgIpc) is 2.45. The van der Waals surface area contributed by atoms with E-state index in [0.717, 1.165) is 19.3 Å². The molecule has 0 radical (unpaired) electrons. The molecule has 0 heterocycles. The molecule has 0 aromatic carbocycles. The topological polar surface area (TPSA) is 110 Å². The molecule has 7 nitrogen and oxygen atoms in total. The van der Waals surface area contributed by atoms with Crippen molar-refractivity contribution in [2.75, 3.05) is 12.9 Å². The van der Waals surface area contributed by atoms with Gasteiger partial charge in [0.05, 0.1) is 19.6 Å². The summed E-state index contributed by atoms with van der Waals surface area (Å²) in [4.78, 5) is 37.7. The molecule has 1 fully saturated rings. The van der Waals surface area contributed by atoms with E-state index in [2.05, 4.69) is 12.6 Å². The Balaban J connectivity index is 3.30. The normalized spacial score (nSPS) is 18.6. The summed E-state index contributed by atoms with van der Waals surface area (Å²) in [5, 5.41) is 8.97. The molecule has 0 aromatic heterocycles. The van der Waals surface area contributed by atoms with Gasteiger partial charge in [0, 0.05) is 11.8 Å². The van der Waals surface area contributed by atoms with Crippen molar-refractivity contribution < 1.29 is 24.2 Å². The third-order valence-corrected chi connectivity index (χ3v) is 5.08. The van der Waals surface area contributed by atoms with Crippen molar-refractivity contribution in [3.63, 3.8) is 0 Å². The van der Waals surface area contributed by atoms with Crippen molar-refractivity contribution in [1.29, 1.82) is 0 Å². The lowest BCUT2D eigenvalue weighted by molar-refractivity contribution is -0.160. The summed E-state index contributed by atoms with van der Waals surface area (Å²) < 4.78 is 4.85. The third kappa shape index (κ3) is 5.34. The fourth-order valence-electron chi connectivity index (χ4n) is 3.47. The van der Waals surface area contributed by atoms with E-state index < -0.39 is 36.4 Å². The van der Waals surface area contributed by atoms with E-state index in [1.807, 2.05) is 20.8 Å². The maximum Gasteiger partial charge on any atom is 0.329 e. The molecule has 0 aromatic rings. The van der Waals surface area contributed by atoms with Crippen LogP contribution in [-0.4, -0.2) is 58.8 Å². The van der Waals surface area contributed by atoms with Crippen molar-refractivity contribution in [3.05, 3.63) is 0 Å². The number of thiol groups is 1. The number of esters is 1. The standard InChI is InChI=1S/C17H30N2O5S/c1-17(2,3)14(10-6-5-7-10)19(12(9-25)16(23)24-4)15(22)11(18)8-13(20)21/h10-12,14,25H,5-9,18H2,1-4H3,(H,20,21)/t11-,12+,14?/m0/s1. The van der Waals surface area contributed by atoms with Crippen molar-refractivity contribution >= 4 is 30.5 Å². The summed E-state index contributed by atoms with van der Waals surface area (Å²) in [6.45, 7) is 6.02. The van der Waals surface area contributed by atoms with E-state index >= 15 is 0 Å². The first-order chi connectivity index (χ1) is 11.5. The van der Waals surface area contributed by atoms with E-state index in [4.69, 9.17) is 15.6 Å². The molecule has 1 amide bonds. The summed E-state index contributed by atoms with van der Waals surface area (Å²) in [5.74, 6) is -1.94. The van der Waals surface area contributed by atoms with Crippen LogP contribution in [-0.2, 0) is 19.1 Å². The van der Waals surface area contributed by atoms with Crippen LogP contribution in [0.4, 0.5) is 0 Å². The number of ether oxygens (including phenoxy) is 1. The van der Waals surface area contributed by atoms with Gasteiger partial charge in [-0.3, -0.25) is 9.59 Å². The maximum absolute atomic E-state index is 13.0. The summed E-state index contributed by atoms with van der Waals surface area (Å²) in [5.41, 5.74) is 5.54. The van der Waals surface area contributed by atoms with E-state index in [-0.39, 0.29) is 23.1 Å². The lowest BCUT2D eigenvalue weighted by atomic mass is 9.68. The van der Waals surface area contributed by atoms with Gasteiger partial charge in [0.2, 0.25) is 5.91 Å². The predicted molar refractivity (Wildman–Crippen MR) is 97.3 cm³/mol. The molecule has 1 aliphatic rings. The molecule has 0 bridgehead atoms. The molecule has 0 saturated heterocycles. The SMILES string of the molecule is COC(=O)[C@@H](CS)N(C(=O)[C@@H](N)CC(=O)O)C(C1CCC1)C(C)(C)C. The number of methoxy groups -OCH3 is 1. The van der Waals surface area contributed by atoms with Crippen LogP contribution >= 0.6 is 12.6 Å². The zero-order valence-electron chi connectivity index (χ0n) is 15.4. The van der Waals surface area contributed by atoms with Gasteiger partial charge in [-0.25, -0.2) is 4.79 Å². The smallest absolute Gasteiger partial charge is 0.329 e. The summed E-state index contributed by atoms with van der Waals surface area (Å²) in [6, 6.07) is -2.36. The number of amides is 1. The highest BCUT2D eigenvalue weighted by Crippen LogP contribution is 2.42. The number of nitrogens with zero attached hydrogens (tertiary/aromatic N) is 1. The van der Waals surface area contributed by atoms with Gasteiger partial charge in [-0.05, 0) is 24.2 Å². The second kappa shape index (κ2) is 8.89. The maximum atomic E-state index is 13.0. The van der Waals surface area contributed by atoms with E-state index in [0.29, 0.717) is 0 Å². The fourth-order valence-corrected chi connectivity index (χ4v) is 3.80. The number of carboxylic acid groups (broad SMARTS) is 1. The summed E-state index contributed by atoms with van der Waals surface area (Å²) >= 11 is 4.24. The third-order valence-electron chi connectivity index (χ3n) is 4.73. The van der Waals surface area contributed by atoms with E-state index in [9.17, 15) is 14.4 Å². The Morgan fingerprint density at radius 2 is 1.88 bits per heavy atom. The number of rotatable bonds is 8. The van der Waals surface area contributed by atoms with Gasteiger partial charge in [0.15, 0.2) is 0 Å². The lowest BCUT2D eigenvalue weighted by Gasteiger charge is -2.50. The monoisotopic (exact) mass is 374 g/mol. The van der Waals surface area contributed by atoms with Gasteiger partial charge in [-0.2, -0.15) is 12.6 Å². The van der Waals surface area contributed by atoms with Crippen LogP contribution in [0.15, 0.2) is 0 Å². The summed E-state index contributed by atoms with van der Waals surface area (Å²) in [7, 11) is 1.26. The highest BCUT2D eigenvalue weighted by Gasteiger charge is 2.47. The first-order valence-electron chi connectivity index (χ1n) is 8.52. The largest absolute Gasteiger partial charge is 0.481 e. The molecular formula is C17H30N2O5S. The first-order valence-corrected chi connectivity index (χ1v) is 9.16. The van der Waals surface area contributed by atoms with Gasteiger partial charge in [-0.1, -0.05) is 27.2 Å². The van der Waals surface area contributed by atoms with Crippen LogP contribution in [0.25, 0.3) is 0 Å². The zero-order chi connectivity index (χ0) is 19.4. The zero-order valence-corrected chi connectivity index (χ0v) is 16.3. The van der Waals surface area contributed by atoms with Gasteiger partial charge in [0.25, 0.3) is 0 Å². The second-order valence-electron chi connectivity index (χ2n) is 7.67. The molecule has 3 N–H and O–H groups in total.